The summed E-state index contributed by atoms with van der Waals surface area (Å²) in [4.78, 5) is 42.1. The van der Waals surface area contributed by atoms with Crippen LogP contribution < -0.4 is 15.4 Å². The van der Waals surface area contributed by atoms with Gasteiger partial charge in [-0.1, -0.05) is 62.4 Å². The van der Waals surface area contributed by atoms with Crippen molar-refractivity contribution in [2.75, 3.05) is 24.7 Å². The summed E-state index contributed by atoms with van der Waals surface area (Å²) in [6, 6.07) is 12.7. The molecule has 0 aromatic heterocycles. The topological polar surface area (TPSA) is 97.0 Å². The maximum Gasteiger partial charge on any atom is 0.408 e. The third-order valence-electron chi connectivity index (χ3n) is 6.23. The van der Waals surface area contributed by atoms with E-state index in [-0.39, 0.29) is 11.7 Å². The van der Waals surface area contributed by atoms with Gasteiger partial charge in [-0.05, 0) is 63.9 Å². The van der Waals surface area contributed by atoms with Crippen molar-refractivity contribution >= 4 is 36.2 Å². The van der Waals surface area contributed by atoms with Crippen molar-refractivity contribution in [2.45, 2.75) is 84.4 Å². The quantitative estimate of drug-likeness (QED) is 0.183. The Morgan fingerprint density at radius 3 is 2.25 bits per heavy atom. The van der Waals surface area contributed by atoms with Gasteiger partial charge in [0.2, 0.25) is 5.91 Å². The minimum Gasteiger partial charge on any atom is -0.497 e. The Labute approximate surface area is 244 Å². The summed E-state index contributed by atoms with van der Waals surface area (Å²) in [5.74, 6) is -0.0343. The van der Waals surface area contributed by atoms with Gasteiger partial charge in [-0.25, -0.2) is 4.79 Å². The number of nitrogens with zero attached hydrogens (tertiary/aromatic N) is 1. The van der Waals surface area contributed by atoms with Crippen LogP contribution in [0.1, 0.15) is 77.0 Å². The van der Waals surface area contributed by atoms with Gasteiger partial charge in [0.1, 0.15) is 23.4 Å². The van der Waals surface area contributed by atoms with Gasteiger partial charge >= 0.3 is 6.09 Å². The average molecular weight is 572 g/mol. The van der Waals surface area contributed by atoms with Gasteiger partial charge in [-0.3, -0.25) is 9.59 Å². The number of ether oxygens (including phenoxy) is 2. The molecule has 2 aromatic carbocycles. The number of aryl methyl sites for hydroxylation is 1. The fraction of sp³-hybridized carbons (Fsp3) is 0.516. The molecule has 2 aromatic rings. The first-order valence-electron chi connectivity index (χ1n) is 13.9. The second-order valence-electron chi connectivity index (χ2n) is 10.9. The molecule has 8 nitrogen and oxygen atoms in total. The number of rotatable bonds is 14. The molecule has 3 amide bonds. The van der Waals surface area contributed by atoms with Crippen LogP contribution in [0.15, 0.2) is 48.5 Å². The molecule has 0 saturated carbocycles. The fourth-order valence-corrected chi connectivity index (χ4v) is 4.53. The van der Waals surface area contributed by atoms with Crippen molar-refractivity contribution in [1.29, 1.82) is 0 Å². The van der Waals surface area contributed by atoms with Crippen molar-refractivity contribution in [2.24, 2.45) is 0 Å². The highest BCUT2D eigenvalue weighted by Crippen LogP contribution is 2.27. The van der Waals surface area contributed by atoms with Crippen LogP contribution in [0.3, 0.4) is 0 Å². The second-order valence-corrected chi connectivity index (χ2v) is 11.2. The van der Waals surface area contributed by atoms with Crippen molar-refractivity contribution < 1.29 is 23.9 Å². The molecular formula is C31H45N3O5S. The zero-order valence-electron chi connectivity index (χ0n) is 24.7. The first-order chi connectivity index (χ1) is 19.0. The van der Waals surface area contributed by atoms with Crippen molar-refractivity contribution in [3.63, 3.8) is 0 Å². The Hall–Kier alpha value is -3.20. The van der Waals surface area contributed by atoms with Crippen molar-refractivity contribution in [3.05, 3.63) is 59.7 Å². The van der Waals surface area contributed by atoms with E-state index in [1.165, 1.54) is 0 Å². The summed E-state index contributed by atoms with van der Waals surface area (Å²) in [5.41, 5.74) is 1.50. The largest absolute Gasteiger partial charge is 0.497 e. The van der Waals surface area contributed by atoms with Crippen LogP contribution in [0.25, 0.3) is 0 Å². The molecule has 0 aliphatic rings. The van der Waals surface area contributed by atoms with Crippen LogP contribution in [0, 0.1) is 6.92 Å². The molecule has 0 aliphatic carbocycles. The molecule has 0 bridgehead atoms. The van der Waals surface area contributed by atoms with Gasteiger partial charge in [-0.2, -0.15) is 12.6 Å². The number of hydrogen-bond acceptors (Lipinski definition) is 6. The van der Waals surface area contributed by atoms with Crippen molar-refractivity contribution in [1.82, 2.24) is 10.2 Å². The molecule has 0 heterocycles. The number of nitrogens with one attached hydrogen (secondary N) is 2. The van der Waals surface area contributed by atoms with Crippen LogP contribution >= 0.6 is 12.6 Å². The zero-order chi connectivity index (χ0) is 29.7. The molecule has 0 spiro atoms. The predicted octanol–water partition coefficient (Wildman–Crippen LogP) is 6.31. The molecule has 220 valence electrons. The summed E-state index contributed by atoms with van der Waals surface area (Å²) < 4.78 is 10.6. The van der Waals surface area contributed by atoms with Gasteiger partial charge in [-0.15, -0.1) is 0 Å². The first kappa shape index (κ1) is 33.0. The molecule has 9 heteroatoms. The number of carbonyl (C=O) groups excluding carboxylic acids is 3. The molecule has 40 heavy (non-hydrogen) atoms. The third kappa shape index (κ3) is 10.8. The summed E-state index contributed by atoms with van der Waals surface area (Å²) in [5, 5.41) is 5.63. The van der Waals surface area contributed by atoms with Crippen LogP contribution in [0.4, 0.5) is 10.5 Å². The number of unbranched alkanes of at least 4 members (excludes halogenated alkanes) is 4. The lowest BCUT2D eigenvalue weighted by Crippen LogP contribution is -2.53. The number of carbonyl (C=O) groups is 3. The molecule has 2 unspecified atom stereocenters. The Morgan fingerprint density at radius 2 is 1.68 bits per heavy atom. The Morgan fingerprint density at radius 1 is 1.00 bits per heavy atom. The number of hydrogen-bond donors (Lipinski definition) is 3. The summed E-state index contributed by atoms with van der Waals surface area (Å²) in [6.45, 7) is 9.70. The summed E-state index contributed by atoms with van der Waals surface area (Å²) in [6.07, 6.45) is 4.17. The number of thiol groups is 1. The van der Waals surface area contributed by atoms with Crippen LogP contribution in [0.2, 0.25) is 0 Å². The lowest BCUT2D eigenvalue weighted by molar-refractivity contribution is -0.140. The molecule has 2 N–H and O–H groups in total. The van der Waals surface area contributed by atoms with Gasteiger partial charge in [0, 0.05) is 18.0 Å². The van der Waals surface area contributed by atoms with Crippen molar-refractivity contribution in [3.8, 4) is 5.75 Å². The SMILES string of the molecule is CCCCCCCN(C(=O)C(CS)NC(=O)OC(C)(C)C)C(C(=O)Nc1ccc(OC)cc1)c1cccc(C)c1. The standard InChI is InChI=1S/C31H45N3O5S/c1-7-8-9-10-11-19-34(29(36)26(21-40)33-30(37)39-31(3,4)5)27(23-14-12-13-22(2)20-23)28(35)32-24-15-17-25(38-6)18-16-24/h12-18,20,26-27,40H,7-11,19,21H2,1-6H3,(H,32,35)(H,33,37). The molecular weight excluding hydrogens is 526 g/mol. The Bertz CT molecular complexity index is 1100. The number of amides is 3. The minimum atomic E-state index is -0.977. The van der Waals surface area contributed by atoms with Gasteiger partial charge < -0.3 is 25.0 Å². The van der Waals surface area contributed by atoms with Crippen LogP contribution in [-0.2, 0) is 14.3 Å². The highest BCUT2D eigenvalue weighted by atomic mass is 32.1. The molecule has 0 aliphatic heterocycles. The maximum absolute atomic E-state index is 14.0. The maximum atomic E-state index is 14.0. The van der Waals surface area contributed by atoms with E-state index in [4.69, 9.17) is 9.47 Å². The van der Waals surface area contributed by atoms with E-state index in [9.17, 15) is 14.4 Å². The van der Waals surface area contributed by atoms with Gasteiger partial charge in [0.15, 0.2) is 0 Å². The van der Waals surface area contributed by atoms with E-state index in [0.29, 0.717) is 23.5 Å². The fourth-order valence-electron chi connectivity index (χ4n) is 4.29. The number of benzene rings is 2. The van der Waals surface area contributed by atoms with Crippen LogP contribution in [-0.4, -0.2) is 53.9 Å². The van der Waals surface area contributed by atoms with E-state index >= 15 is 0 Å². The summed E-state index contributed by atoms with van der Waals surface area (Å²) in [7, 11) is 1.58. The highest BCUT2D eigenvalue weighted by Gasteiger charge is 2.35. The second kappa shape index (κ2) is 16.2. The van der Waals surface area contributed by atoms with Gasteiger partial charge in [0.05, 0.1) is 7.11 Å². The molecule has 2 rings (SSSR count). The lowest BCUT2D eigenvalue weighted by atomic mass is 10.00. The number of alkyl carbamates (subject to hydrolysis) is 1. The number of methoxy groups -OCH3 is 1. The third-order valence-corrected chi connectivity index (χ3v) is 6.60. The van der Waals surface area contributed by atoms with E-state index in [1.54, 1.807) is 57.0 Å². The monoisotopic (exact) mass is 571 g/mol. The van der Waals surface area contributed by atoms with Crippen LogP contribution in [0.5, 0.6) is 5.75 Å². The zero-order valence-corrected chi connectivity index (χ0v) is 25.6. The molecule has 0 fully saturated rings. The number of anilines is 1. The first-order valence-corrected chi connectivity index (χ1v) is 14.5. The predicted molar refractivity (Wildman–Crippen MR) is 163 cm³/mol. The normalized spacial score (nSPS) is 12.7. The average Bonchev–Trinajstić information content (AvgIpc) is 2.90. The molecule has 0 radical (unpaired) electrons. The van der Waals surface area contributed by atoms with E-state index in [2.05, 4.69) is 30.2 Å². The van der Waals surface area contributed by atoms with E-state index < -0.39 is 29.7 Å². The smallest absolute Gasteiger partial charge is 0.408 e. The van der Waals surface area contributed by atoms with E-state index in [1.807, 2.05) is 31.2 Å². The lowest BCUT2D eigenvalue weighted by Gasteiger charge is -2.34. The Balaban J connectivity index is 2.45. The van der Waals surface area contributed by atoms with Gasteiger partial charge in [0.25, 0.3) is 5.91 Å². The highest BCUT2D eigenvalue weighted by molar-refractivity contribution is 7.80. The Kier molecular flexibility index (Phi) is 13.3. The molecule has 0 saturated heterocycles. The minimum absolute atomic E-state index is 0.0467. The summed E-state index contributed by atoms with van der Waals surface area (Å²) >= 11 is 4.37. The van der Waals surface area contributed by atoms with E-state index in [0.717, 1.165) is 37.7 Å². The molecule has 2 atom stereocenters.